The van der Waals surface area contributed by atoms with Crippen molar-refractivity contribution in [1.29, 1.82) is 5.26 Å². The largest absolute Gasteiger partial charge is 0.481 e. The molecule has 0 aliphatic carbocycles. The Labute approximate surface area is 111 Å². The maximum Gasteiger partial charge on any atom is 0.306 e. The summed E-state index contributed by atoms with van der Waals surface area (Å²) in [6.07, 6.45) is 2.45. The minimum atomic E-state index is -0.796. The van der Waals surface area contributed by atoms with Crippen molar-refractivity contribution in [3.05, 3.63) is 23.8 Å². The Morgan fingerprint density at radius 1 is 1.61 bits per heavy atom. The highest BCUT2D eigenvalue weighted by molar-refractivity contribution is 7.98. The molecule has 18 heavy (non-hydrogen) atoms. The smallest absolute Gasteiger partial charge is 0.306 e. The van der Waals surface area contributed by atoms with E-state index in [0.29, 0.717) is 18.5 Å². The lowest BCUT2D eigenvalue weighted by molar-refractivity contribution is -0.141. The Morgan fingerprint density at radius 2 is 2.33 bits per heavy atom. The summed E-state index contributed by atoms with van der Waals surface area (Å²) >= 11 is 1.52. The van der Waals surface area contributed by atoms with Crippen molar-refractivity contribution in [3.8, 4) is 6.07 Å². The Hall–Kier alpha value is -1.67. The van der Waals surface area contributed by atoms with Crippen LogP contribution in [-0.4, -0.2) is 23.9 Å². The summed E-state index contributed by atoms with van der Waals surface area (Å²) in [6, 6.07) is 7.80. The predicted octanol–water partition coefficient (Wildman–Crippen LogP) is 2.80. The molecule has 0 amide bonds. The minimum absolute atomic E-state index is 0.383. The molecule has 1 aromatic carbocycles. The first kappa shape index (κ1) is 14.4. The number of hydrogen-bond donors (Lipinski definition) is 2. The number of aliphatic carboxylic acids is 1. The highest BCUT2D eigenvalue weighted by atomic mass is 32.2. The summed E-state index contributed by atoms with van der Waals surface area (Å²) in [5, 5.41) is 21.0. The quantitative estimate of drug-likeness (QED) is 0.773. The lowest BCUT2D eigenvalue weighted by atomic mass is 10.1. The second-order valence-electron chi connectivity index (χ2n) is 3.95. The van der Waals surface area contributed by atoms with Crippen molar-refractivity contribution in [2.75, 3.05) is 18.1 Å². The SMILES string of the molecule is CSc1cccc(NCCC(C)C(=O)O)c1C#N. The Balaban J connectivity index is 2.68. The van der Waals surface area contributed by atoms with Crippen LogP contribution in [0.15, 0.2) is 23.1 Å². The number of nitriles is 1. The van der Waals surface area contributed by atoms with Crippen molar-refractivity contribution in [2.24, 2.45) is 5.92 Å². The molecule has 4 nitrogen and oxygen atoms in total. The first-order valence-electron chi connectivity index (χ1n) is 5.64. The number of anilines is 1. The van der Waals surface area contributed by atoms with Crippen LogP contribution in [0.5, 0.6) is 0 Å². The van der Waals surface area contributed by atoms with Crippen LogP contribution in [-0.2, 0) is 4.79 Å². The zero-order chi connectivity index (χ0) is 13.5. The molecule has 0 saturated heterocycles. The van der Waals surface area contributed by atoms with Crippen LogP contribution in [0, 0.1) is 17.2 Å². The molecule has 0 fully saturated rings. The number of nitrogens with zero attached hydrogens (tertiary/aromatic N) is 1. The van der Waals surface area contributed by atoms with E-state index in [1.807, 2.05) is 24.5 Å². The molecule has 1 rings (SSSR count). The third-order valence-corrected chi connectivity index (χ3v) is 3.45. The van der Waals surface area contributed by atoms with E-state index in [9.17, 15) is 4.79 Å². The van der Waals surface area contributed by atoms with E-state index in [1.165, 1.54) is 11.8 Å². The topological polar surface area (TPSA) is 73.1 Å². The summed E-state index contributed by atoms with van der Waals surface area (Å²) < 4.78 is 0. The van der Waals surface area contributed by atoms with Gasteiger partial charge >= 0.3 is 5.97 Å². The maximum absolute atomic E-state index is 10.7. The van der Waals surface area contributed by atoms with Gasteiger partial charge in [-0.05, 0) is 24.8 Å². The summed E-state index contributed by atoms with van der Waals surface area (Å²) in [5.74, 6) is -1.18. The summed E-state index contributed by atoms with van der Waals surface area (Å²) in [7, 11) is 0. The average Bonchev–Trinajstić information content (AvgIpc) is 2.37. The summed E-state index contributed by atoms with van der Waals surface area (Å²) in [6.45, 7) is 2.22. The van der Waals surface area contributed by atoms with Crippen molar-refractivity contribution in [2.45, 2.75) is 18.2 Å². The molecule has 0 radical (unpaired) electrons. The van der Waals surface area contributed by atoms with E-state index in [0.717, 1.165) is 10.6 Å². The predicted molar refractivity (Wildman–Crippen MR) is 72.8 cm³/mol. The lowest BCUT2D eigenvalue weighted by Crippen LogP contribution is -2.14. The van der Waals surface area contributed by atoms with Crippen LogP contribution in [0.4, 0.5) is 5.69 Å². The van der Waals surface area contributed by atoms with Crippen LogP contribution in [0.3, 0.4) is 0 Å². The molecule has 5 heteroatoms. The van der Waals surface area contributed by atoms with E-state index in [-0.39, 0.29) is 5.92 Å². The number of thioether (sulfide) groups is 1. The average molecular weight is 264 g/mol. The van der Waals surface area contributed by atoms with Gasteiger partial charge in [0.1, 0.15) is 6.07 Å². The third kappa shape index (κ3) is 3.67. The number of hydrogen-bond acceptors (Lipinski definition) is 4. The van der Waals surface area contributed by atoms with Crippen LogP contribution >= 0.6 is 11.8 Å². The number of carboxylic acid groups (broad SMARTS) is 1. The van der Waals surface area contributed by atoms with Crippen molar-refractivity contribution in [3.63, 3.8) is 0 Å². The molecular weight excluding hydrogens is 248 g/mol. The number of carbonyl (C=O) groups is 1. The fraction of sp³-hybridized carbons (Fsp3) is 0.385. The van der Waals surface area contributed by atoms with Gasteiger partial charge in [-0.3, -0.25) is 4.79 Å². The zero-order valence-corrected chi connectivity index (χ0v) is 11.3. The first-order valence-corrected chi connectivity index (χ1v) is 6.86. The highest BCUT2D eigenvalue weighted by Gasteiger charge is 2.11. The van der Waals surface area contributed by atoms with Gasteiger partial charge in [0.05, 0.1) is 17.2 Å². The van der Waals surface area contributed by atoms with Crippen LogP contribution in [0.1, 0.15) is 18.9 Å². The highest BCUT2D eigenvalue weighted by Crippen LogP contribution is 2.26. The fourth-order valence-corrected chi connectivity index (χ4v) is 2.09. The number of carboxylic acids is 1. The fourth-order valence-electron chi connectivity index (χ4n) is 1.51. The number of nitrogens with one attached hydrogen (secondary N) is 1. The summed E-state index contributed by atoms with van der Waals surface area (Å²) in [4.78, 5) is 11.6. The van der Waals surface area contributed by atoms with E-state index in [1.54, 1.807) is 6.92 Å². The monoisotopic (exact) mass is 264 g/mol. The molecule has 0 spiro atoms. The van der Waals surface area contributed by atoms with Crippen LogP contribution in [0.25, 0.3) is 0 Å². The summed E-state index contributed by atoms with van der Waals surface area (Å²) in [5.41, 5.74) is 1.38. The first-order chi connectivity index (χ1) is 8.60. The molecule has 1 atom stereocenters. The Kier molecular flexibility index (Phi) is 5.53. The van der Waals surface area contributed by atoms with E-state index in [4.69, 9.17) is 10.4 Å². The van der Waals surface area contributed by atoms with Gasteiger partial charge in [0.15, 0.2) is 0 Å². The van der Waals surface area contributed by atoms with Crippen LogP contribution < -0.4 is 5.32 Å². The molecule has 0 heterocycles. The normalized spacial score (nSPS) is 11.6. The Morgan fingerprint density at radius 3 is 2.89 bits per heavy atom. The molecule has 1 unspecified atom stereocenters. The van der Waals surface area contributed by atoms with Crippen molar-refractivity contribution >= 4 is 23.4 Å². The molecule has 0 saturated carbocycles. The van der Waals surface area contributed by atoms with E-state index in [2.05, 4.69) is 11.4 Å². The second-order valence-corrected chi connectivity index (χ2v) is 4.80. The molecule has 0 aliphatic heterocycles. The molecule has 0 aromatic heterocycles. The molecule has 1 aromatic rings. The zero-order valence-electron chi connectivity index (χ0n) is 10.4. The molecule has 2 N–H and O–H groups in total. The van der Waals surface area contributed by atoms with E-state index >= 15 is 0 Å². The van der Waals surface area contributed by atoms with Crippen molar-refractivity contribution < 1.29 is 9.90 Å². The molecule has 0 aliphatic rings. The lowest BCUT2D eigenvalue weighted by Gasteiger charge is -2.11. The van der Waals surface area contributed by atoms with Gasteiger partial charge in [0.25, 0.3) is 0 Å². The third-order valence-electron chi connectivity index (χ3n) is 2.67. The molecule has 0 bridgehead atoms. The van der Waals surface area contributed by atoms with Gasteiger partial charge in [-0.25, -0.2) is 0 Å². The standard InChI is InChI=1S/C13H16N2O2S/c1-9(13(16)17)6-7-15-11-4-3-5-12(18-2)10(11)8-14/h3-5,9,15H,6-7H2,1-2H3,(H,16,17). The van der Waals surface area contributed by atoms with Gasteiger partial charge in [-0.1, -0.05) is 13.0 Å². The number of benzene rings is 1. The van der Waals surface area contributed by atoms with Gasteiger partial charge < -0.3 is 10.4 Å². The second kappa shape index (κ2) is 6.92. The minimum Gasteiger partial charge on any atom is -0.481 e. The van der Waals surface area contributed by atoms with Crippen molar-refractivity contribution in [1.82, 2.24) is 0 Å². The van der Waals surface area contributed by atoms with Gasteiger partial charge in [0.2, 0.25) is 0 Å². The molecular formula is C13H16N2O2S. The van der Waals surface area contributed by atoms with Gasteiger partial charge in [0, 0.05) is 11.4 Å². The number of rotatable bonds is 6. The van der Waals surface area contributed by atoms with E-state index < -0.39 is 5.97 Å². The van der Waals surface area contributed by atoms with Gasteiger partial charge in [-0.15, -0.1) is 11.8 Å². The van der Waals surface area contributed by atoms with Crippen LogP contribution in [0.2, 0.25) is 0 Å². The maximum atomic E-state index is 10.7. The Bertz CT molecular complexity index is 469. The van der Waals surface area contributed by atoms with Gasteiger partial charge in [-0.2, -0.15) is 5.26 Å². The molecule has 96 valence electrons.